The van der Waals surface area contributed by atoms with Crippen molar-refractivity contribution in [2.45, 2.75) is 18.7 Å². The third-order valence-corrected chi connectivity index (χ3v) is 3.85. The molecule has 0 aliphatic heterocycles. The Morgan fingerprint density at radius 2 is 1.94 bits per heavy atom. The summed E-state index contributed by atoms with van der Waals surface area (Å²) in [4.78, 5) is 1.36. The van der Waals surface area contributed by atoms with Gasteiger partial charge < -0.3 is 0 Å². The van der Waals surface area contributed by atoms with Crippen LogP contribution in [0.15, 0.2) is 23.1 Å². The lowest BCUT2D eigenvalue weighted by Gasteiger charge is -2.06. The van der Waals surface area contributed by atoms with E-state index in [1.54, 1.807) is 25.2 Å². The molecule has 2 aromatic rings. The van der Waals surface area contributed by atoms with Crippen molar-refractivity contribution in [1.29, 1.82) is 0 Å². The van der Waals surface area contributed by atoms with Gasteiger partial charge in [-0.3, -0.25) is 0 Å². The van der Waals surface area contributed by atoms with Gasteiger partial charge in [0.05, 0.1) is 11.9 Å². The first-order chi connectivity index (χ1) is 8.38. The minimum atomic E-state index is -3.67. The van der Waals surface area contributed by atoms with Crippen molar-refractivity contribution in [2.24, 2.45) is 7.05 Å². The van der Waals surface area contributed by atoms with Crippen LogP contribution in [-0.4, -0.2) is 28.6 Å². The van der Waals surface area contributed by atoms with E-state index in [2.05, 4.69) is 20.1 Å². The Kier molecular flexibility index (Phi) is 3.04. The molecular formula is C10H13N5O2S. The predicted molar refractivity (Wildman–Crippen MR) is 65.5 cm³/mol. The number of anilines is 1. The van der Waals surface area contributed by atoms with Gasteiger partial charge in [-0.05, 0) is 42.3 Å². The van der Waals surface area contributed by atoms with Crippen LogP contribution in [0.3, 0.4) is 0 Å². The van der Waals surface area contributed by atoms with Crippen molar-refractivity contribution >= 4 is 16.0 Å². The van der Waals surface area contributed by atoms with Crippen LogP contribution >= 0.6 is 0 Å². The van der Waals surface area contributed by atoms with E-state index in [-0.39, 0.29) is 10.8 Å². The molecule has 1 aromatic heterocycles. The summed E-state index contributed by atoms with van der Waals surface area (Å²) in [6.45, 7) is 3.78. The van der Waals surface area contributed by atoms with E-state index >= 15 is 0 Å². The lowest BCUT2D eigenvalue weighted by Crippen LogP contribution is -2.14. The van der Waals surface area contributed by atoms with Crippen LogP contribution in [0.1, 0.15) is 11.1 Å². The van der Waals surface area contributed by atoms with Gasteiger partial charge in [0.25, 0.3) is 16.0 Å². The zero-order valence-electron chi connectivity index (χ0n) is 10.2. The van der Waals surface area contributed by atoms with Crippen molar-refractivity contribution < 1.29 is 8.42 Å². The molecule has 8 heteroatoms. The van der Waals surface area contributed by atoms with Crippen LogP contribution in [0.2, 0.25) is 0 Å². The molecule has 2 rings (SSSR count). The number of sulfonamides is 1. The second-order valence-electron chi connectivity index (χ2n) is 3.95. The number of nitrogens with one attached hydrogen (secondary N) is 1. The first-order valence-corrected chi connectivity index (χ1v) is 6.71. The van der Waals surface area contributed by atoms with Crippen LogP contribution in [0, 0.1) is 13.8 Å². The fourth-order valence-corrected chi connectivity index (χ4v) is 2.40. The maximum absolute atomic E-state index is 12.0. The molecule has 7 nitrogen and oxygen atoms in total. The van der Waals surface area contributed by atoms with E-state index in [0.717, 1.165) is 11.1 Å². The molecular weight excluding hydrogens is 254 g/mol. The normalized spacial score (nSPS) is 11.5. The third-order valence-electron chi connectivity index (χ3n) is 2.52. The standard InChI is InChI=1S/C10H13N5O2S/c1-7-4-5-9(6-8(7)2)18(16,17)13-10-11-14-15(3)12-10/h4-6H,1-3H3,(H,12,13). The summed E-state index contributed by atoms with van der Waals surface area (Å²) in [5.74, 6) is -0.0456. The van der Waals surface area contributed by atoms with E-state index in [1.807, 2.05) is 13.8 Å². The lowest BCUT2D eigenvalue weighted by atomic mass is 10.1. The molecule has 0 spiro atoms. The second kappa shape index (κ2) is 4.37. The van der Waals surface area contributed by atoms with Crippen molar-refractivity contribution in [2.75, 3.05) is 4.72 Å². The summed E-state index contributed by atoms with van der Waals surface area (Å²) in [6.07, 6.45) is 0. The maximum Gasteiger partial charge on any atom is 0.277 e. The van der Waals surface area contributed by atoms with Crippen molar-refractivity contribution in [1.82, 2.24) is 20.2 Å². The number of aromatic nitrogens is 4. The fraction of sp³-hybridized carbons (Fsp3) is 0.300. The van der Waals surface area contributed by atoms with Gasteiger partial charge in [0.2, 0.25) is 0 Å². The Balaban J connectivity index is 2.33. The van der Waals surface area contributed by atoms with Crippen molar-refractivity contribution in [3.05, 3.63) is 29.3 Å². The highest BCUT2D eigenvalue weighted by Gasteiger charge is 2.17. The Hall–Kier alpha value is -1.96. The summed E-state index contributed by atoms with van der Waals surface area (Å²) in [5, 5.41) is 10.9. The van der Waals surface area contributed by atoms with Gasteiger partial charge in [-0.1, -0.05) is 11.2 Å². The van der Waals surface area contributed by atoms with Crippen LogP contribution in [-0.2, 0) is 17.1 Å². The molecule has 0 radical (unpaired) electrons. The largest absolute Gasteiger partial charge is 0.277 e. The van der Waals surface area contributed by atoms with E-state index in [9.17, 15) is 8.42 Å². The second-order valence-corrected chi connectivity index (χ2v) is 5.64. The molecule has 1 heterocycles. The summed E-state index contributed by atoms with van der Waals surface area (Å²) in [5.41, 5.74) is 1.94. The zero-order valence-corrected chi connectivity index (χ0v) is 11.1. The van der Waals surface area contributed by atoms with Crippen LogP contribution < -0.4 is 4.72 Å². The van der Waals surface area contributed by atoms with Gasteiger partial charge in [0, 0.05) is 0 Å². The van der Waals surface area contributed by atoms with Crippen LogP contribution in [0.4, 0.5) is 5.95 Å². The lowest BCUT2D eigenvalue weighted by molar-refractivity contribution is 0.600. The average Bonchev–Trinajstić information content (AvgIpc) is 2.67. The topological polar surface area (TPSA) is 89.8 Å². The smallest absolute Gasteiger partial charge is 0.245 e. The SMILES string of the molecule is Cc1ccc(S(=O)(=O)Nc2nnn(C)n2)cc1C. The number of hydrogen-bond donors (Lipinski definition) is 1. The maximum atomic E-state index is 12.0. The summed E-state index contributed by atoms with van der Waals surface area (Å²) in [7, 11) is -2.11. The monoisotopic (exact) mass is 267 g/mol. The number of nitrogens with zero attached hydrogens (tertiary/aromatic N) is 4. The molecule has 18 heavy (non-hydrogen) atoms. The summed E-state index contributed by atoms with van der Waals surface area (Å²) in [6, 6.07) is 4.91. The third kappa shape index (κ3) is 2.48. The molecule has 0 saturated carbocycles. The van der Waals surface area contributed by atoms with Crippen molar-refractivity contribution in [3.63, 3.8) is 0 Å². The van der Waals surface area contributed by atoms with Gasteiger partial charge in [-0.15, -0.1) is 5.10 Å². The van der Waals surface area contributed by atoms with Gasteiger partial charge in [0.15, 0.2) is 0 Å². The Labute approximate surface area is 105 Å². The molecule has 0 bridgehead atoms. The molecule has 0 aliphatic rings. The van der Waals surface area contributed by atoms with Crippen LogP contribution in [0.5, 0.6) is 0 Å². The van der Waals surface area contributed by atoms with Gasteiger partial charge in [-0.25, -0.2) is 13.1 Å². The number of hydrogen-bond acceptors (Lipinski definition) is 5. The average molecular weight is 267 g/mol. The van der Waals surface area contributed by atoms with Crippen LogP contribution in [0.25, 0.3) is 0 Å². The summed E-state index contributed by atoms with van der Waals surface area (Å²) < 4.78 is 26.4. The van der Waals surface area contributed by atoms with Crippen molar-refractivity contribution in [3.8, 4) is 0 Å². The van der Waals surface area contributed by atoms with Gasteiger partial charge >= 0.3 is 0 Å². The Morgan fingerprint density at radius 3 is 2.50 bits per heavy atom. The molecule has 0 unspecified atom stereocenters. The highest BCUT2D eigenvalue weighted by atomic mass is 32.2. The molecule has 1 N–H and O–H groups in total. The van der Waals surface area contributed by atoms with E-state index in [4.69, 9.17) is 0 Å². The highest BCUT2D eigenvalue weighted by molar-refractivity contribution is 7.92. The Morgan fingerprint density at radius 1 is 1.22 bits per heavy atom. The first kappa shape index (κ1) is 12.5. The van der Waals surface area contributed by atoms with E-state index in [0.29, 0.717) is 0 Å². The molecule has 0 fully saturated rings. The summed E-state index contributed by atoms with van der Waals surface area (Å²) >= 11 is 0. The zero-order chi connectivity index (χ0) is 13.3. The molecule has 96 valence electrons. The minimum Gasteiger partial charge on any atom is -0.245 e. The number of tetrazole rings is 1. The highest BCUT2D eigenvalue weighted by Crippen LogP contribution is 2.16. The molecule has 0 aliphatic carbocycles. The van der Waals surface area contributed by atoms with E-state index < -0.39 is 10.0 Å². The quantitative estimate of drug-likeness (QED) is 0.880. The Bertz CT molecular complexity index is 677. The number of aryl methyl sites for hydroxylation is 3. The molecule has 1 aromatic carbocycles. The van der Waals surface area contributed by atoms with Gasteiger partial charge in [-0.2, -0.15) is 4.80 Å². The molecule has 0 amide bonds. The molecule has 0 atom stereocenters. The van der Waals surface area contributed by atoms with E-state index in [1.165, 1.54) is 4.80 Å². The minimum absolute atomic E-state index is 0.0456. The first-order valence-electron chi connectivity index (χ1n) is 5.22. The number of benzene rings is 1. The van der Waals surface area contributed by atoms with Gasteiger partial charge in [0.1, 0.15) is 0 Å². The molecule has 0 saturated heterocycles. The number of rotatable bonds is 3. The fourth-order valence-electron chi connectivity index (χ4n) is 1.39. The predicted octanol–water partition coefficient (Wildman–Crippen LogP) is 0.628.